The van der Waals surface area contributed by atoms with Gasteiger partial charge >= 0.3 is 12.0 Å². The molecule has 2 amide bonds. The molecule has 0 radical (unpaired) electrons. The number of amides is 2. The Morgan fingerprint density at radius 2 is 1.63 bits per heavy atom. The summed E-state index contributed by atoms with van der Waals surface area (Å²) in [6.07, 6.45) is 0.179. The molecule has 8 nitrogen and oxygen atoms in total. The summed E-state index contributed by atoms with van der Waals surface area (Å²) in [4.78, 5) is 28.1. The highest BCUT2D eigenvalue weighted by atomic mass is 16.5. The monoisotopic (exact) mass is 474 g/mol. The number of hydrogen-bond acceptors (Lipinski definition) is 5. The Morgan fingerprint density at radius 1 is 0.886 bits per heavy atom. The Morgan fingerprint density at radius 3 is 2.31 bits per heavy atom. The fraction of sp³-hybridized carbons (Fsp3) is 0.222. The number of rotatable bonds is 8. The molecule has 8 heteroatoms. The third-order valence-electron chi connectivity index (χ3n) is 4.94. The van der Waals surface area contributed by atoms with Gasteiger partial charge in [0, 0.05) is 13.1 Å². The van der Waals surface area contributed by atoms with Gasteiger partial charge in [0.15, 0.2) is 0 Å². The van der Waals surface area contributed by atoms with E-state index in [2.05, 4.69) is 20.9 Å². The number of guanidine groups is 1. The van der Waals surface area contributed by atoms with Crippen LogP contribution in [0.25, 0.3) is 0 Å². The zero-order chi connectivity index (χ0) is 25.0. The fourth-order valence-electron chi connectivity index (χ4n) is 3.13. The predicted octanol–water partition coefficient (Wildman–Crippen LogP) is 4.60. The first-order chi connectivity index (χ1) is 16.9. The van der Waals surface area contributed by atoms with Crippen LogP contribution in [0.15, 0.2) is 77.8 Å². The van der Waals surface area contributed by atoms with Crippen LogP contribution >= 0.6 is 0 Å². The maximum Gasteiger partial charge on any atom is 0.321 e. The van der Waals surface area contributed by atoms with E-state index in [0.29, 0.717) is 36.2 Å². The number of aliphatic imine (C=N–C) groups is 1. The van der Waals surface area contributed by atoms with Crippen molar-refractivity contribution in [1.82, 2.24) is 16.0 Å². The van der Waals surface area contributed by atoms with Crippen LogP contribution in [-0.4, -0.2) is 31.6 Å². The van der Waals surface area contributed by atoms with Crippen LogP contribution in [0.2, 0.25) is 0 Å². The molecule has 0 saturated carbocycles. The Hall–Kier alpha value is -4.33. The van der Waals surface area contributed by atoms with E-state index in [1.54, 1.807) is 30.3 Å². The van der Waals surface area contributed by atoms with E-state index in [1.165, 1.54) is 12.7 Å². The second-order valence-corrected chi connectivity index (χ2v) is 7.78. The van der Waals surface area contributed by atoms with Gasteiger partial charge in [-0.15, -0.1) is 0 Å². The van der Waals surface area contributed by atoms with Gasteiger partial charge in [-0.05, 0) is 61.4 Å². The van der Waals surface area contributed by atoms with Gasteiger partial charge in [0.1, 0.15) is 11.5 Å². The molecule has 3 rings (SSSR count). The highest BCUT2D eigenvalue weighted by Gasteiger charge is 2.07. The van der Waals surface area contributed by atoms with Crippen molar-refractivity contribution in [3.8, 4) is 11.5 Å². The number of methoxy groups -OCH3 is 1. The topological polar surface area (TPSA) is 101 Å². The summed E-state index contributed by atoms with van der Waals surface area (Å²) in [5, 5.41) is 8.64. The van der Waals surface area contributed by atoms with E-state index in [0.717, 1.165) is 11.1 Å². The van der Waals surface area contributed by atoms with Crippen LogP contribution in [0, 0.1) is 6.92 Å². The second kappa shape index (κ2) is 12.8. The first kappa shape index (κ1) is 25.3. The average molecular weight is 475 g/mol. The largest absolute Gasteiger partial charge is 0.469 e. The lowest BCUT2D eigenvalue weighted by molar-refractivity contribution is -0.139. The Balaban J connectivity index is 1.69. The van der Waals surface area contributed by atoms with E-state index in [-0.39, 0.29) is 18.4 Å². The molecule has 0 spiro atoms. The molecule has 0 aliphatic rings. The first-order valence-corrected chi connectivity index (χ1v) is 11.3. The molecule has 0 bridgehead atoms. The third kappa shape index (κ3) is 8.51. The summed E-state index contributed by atoms with van der Waals surface area (Å²) in [5.74, 6) is 1.25. The normalized spacial score (nSPS) is 10.9. The minimum Gasteiger partial charge on any atom is -0.469 e. The number of carbonyl (C=O) groups is 2. The van der Waals surface area contributed by atoms with E-state index in [4.69, 9.17) is 9.47 Å². The molecule has 3 N–H and O–H groups in total. The number of hydrogen-bond donors (Lipinski definition) is 3. The summed E-state index contributed by atoms with van der Waals surface area (Å²) in [5.41, 5.74) is 3.69. The number of carbonyl (C=O) groups excluding carboxylic acids is 2. The van der Waals surface area contributed by atoms with Gasteiger partial charge in [0.05, 0.1) is 19.2 Å². The zero-order valence-corrected chi connectivity index (χ0v) is 20.1. The predicted molar refractivity (Wildman–Crippen MR) is 136 cm³/mol. The van der Waals surface area contributed by atoms with Crippen molar-refractivity contribution in [2.75, 3.05) is 13.7 Å². The summed E-state index contributed by atoms with van der Waals surface area (Å²) in [6, 6.07) is 22.2. The number of nitrogens with zero attached hydrogens (tertiary/aromatic N) is 1. The summed E-state index contributed by atoms with van der Waals surface area (Å²) < 4.78 is 10.6. The number of urea groups is 1. The molecule has 35 heavy (non-hydrogen) atoms. The van der Waals surface area contributed by atoms with Crippen LogP contribution in [-0.2, 0) is 22.5 Å². The minimum absolute atomic E-state index is 0.179. The van der Waals surface area contributed by atoms with E-state index in [9.17, 15) is 9.59 Å². The molecule has 3 aromatic rings. The average Bonchev–Trinajstić information content (AvgIpc) is 2.85. The maximum absolute atomic E-state index is 12.1. The van der Waals surface area contributed by atoms with Crippen LogP contribution < -0.4 is 20.7 Å². The molecule has 0 heterocycles. The van der Waals surface area contributed by atoms with Gasteiger partial charge in [-0.1, -0.05) is 42.0 Å². The molecular formula is C27H30N4O4. The first-order valence-electron chi connectivity index (χ1n) is 11.3. The van der Waals surface area contributed by atoms with Gasteiger partial charge in [-0.2, -0.15) is 0 Å². The molecule has 0 atom stereocenters. The van der Waals surface area contributed by atoms with E-state index in [1.807, 2.05) is 56.3 Å². The third-order valence-corrected chi connectivity index (χ3v) is 4.94. The highest BCUT2D eigenvalue weighted by Crippen LogP contribution is 2.25. The van der Waals surface area contributed by atoms with Crippen LogP contribution in [0.4, 0.5) is 10.5 Å². The molecule has 0 unspecified atom stereocenters. The summed E-state index contributed by atoms with van der Waals surface area (Å²) in [6.45, 7) is 4.89. The Labute approximate surface area is 205 Å². The van der Waals surface area contributed by atoms with E-state index >= 15 is 0 Å². The number of aryl methyl sites for hydroxylation is 1. The Kier molecular flexibility index (Phi) is 9.24. The van der Waals surface area contributed by atoms with Crippen LogP contribution in [0.5, 0.6) is 11.5 Å². The number of ether oxygens (including phenoxy) is 2. The minimum atomic E-state index is -0.338. The van der Waals surface area contributed by atoms with Crippen molar-refractivity contribution < 1.29 is 19.1 Å². The molecule has 0 aromatic heterocycles. The molecule has 0 fully saturated rings. The molecular weight excluding hydrogens is 444 g/mol. The van der Waals surface area contributed by atoms with Crippen LogP contribution in [0.3, 0.4) is 0 Å². The lowest BCUT2D eigenvalue weighted by Gasteiger charge is -2.12. The van der Waals surface area contributed by atoms with Crippen molar-refractivity contribution in [2.24, 2.45) is 4.99 Å². The Bertz CT molecular complexity index is 1160. The molecule has 0 aliphatic carbocycles. The molecule has 3 aromatic carbocycles. The molecule has 0 saturated heterocycles. The molecule has 182 valence electrons. The quantitative estimate of drug-likeness (QED) is 0.252. The summed E-state index contributed by atoms with van der Waals surface area (Å²) in [7, 11) is 1.36. The van der Waals surface area contributed by atoms with Crippen molar-refractivity contribution in [3.05, 3.63) is 89.5 Å². The van der Waals surface area contributed by atoms with E-state index < -0.39 is 0 Å². The summed E-state index contributed by atoms with van der Waals surface area (Å²) >= 11 is 0. The van der Waals surface area contributed by atoms with Gasteiger partial charge in [0.25, 0.3) is 0 Å². The van der Waals surface area contributed by atoms with Crippen LogP contribution in [0.1, 0.15) is 23.6 Å². The van der Waals surface area contributed by atoms with Gasteiger partial charge in [-0.25, -0.2) is 9.79 Å². The van der Waals surface area contributed by atoms with Crippen molar-refractivity contribution in [2.45, 2.75) is 26.8 Å². The highest BCUT2D eigenvalue weighted by molar-refractivity contribution is 5.97. The second-order valence-electron chi connectivity index (χ2n) is 7.78. The fourth-order valence-corrected chi connectivity index (χ4v) is 3.13. The number of esters is 1. The van der Waals surface area contributed by atoms with Crippen molar-refractivity contribution in [3.63, 3.8) is 0 Å². The molecule has 0 aliphatic heterocycles. The number of nitrogens with one attached hydrogen (secondary N) is 3. The SMILES string of the molecule is CCNC(=O)N/C(=N\c1ccc(Oc2cccc(CC(=O)OC)c2)cc1)NCc1ccc(C)cc1. The smallest absolute Gasteiger partial charge is 0.321 e. The van der Waals surface area contributed by atoms with Crippen molar-refractivity contribution >= 4 is 23.6 Å². The maximum atomic E-state index is 12.1. The lowest BCUT2D eigenvalue weighted by Crippen LogP contribution is -2.45. The van der Waals surface area contributed by atoms with Gasteiger partial charge < -0.3 is 20.1 Å². The standard InChI is InChI=1S/C27H30N4O4/c1-4-28-27(33)31-26(29-18-20-10-8-19(2)9-11-20)30-22-12-14-23(15-13-22)35-24-7-5-6-21(16-24)17-25(32)34-3/h5-16H,4,17-18H2,1-3H3,(H3,28,29,30,31,33). The number of benzene rings is 3. The zero-order valence-electron chi connectivity index (χ0n) is 20.1. The van der Waals surface area contributed by atoms with Crippen molar-refractivity contribution in [1.29, 1.82) is 0 Å². The lowest BCUT2D eigenvalue weighted by atomic mass is 10.1. The van der Waals surface area contributed by atoms with Gasteiger partial charge in [0.2, 0.25) is 5.96 Å². The van der Waals surface area contributed by atoms with Gasteiger partial charge in [-0.3, -0.25) is 10.1 Å².